The van der Waals surface area contributed by atoms with E-state index in [-0.39, 0.29) is 5.37 Å². The van der Waals surface area contributed by atoms with E-state index in [4.69, 9.17) is 21.4 Å². The van der Waals surface area contributed by atoms with Crippen LogP contribution in [0.25, 0.3) is 0 Å². The standard InChI is InChI=1S/C9H18ClNO.C5H9NO3/c1-3-5-7-11(9(10)12)8-6-4-2;7-5(8)6-1-3-9-4-2-6/h3-8H2,1-2H3;1-4H2,(H,7,8). The van der Waals surface area contributed by atoms with Crippen molar-refractivity contribution in [3.8, 4) is 0 Å². The van der Waals surface area contributed by atoms with Crippen LogP contribution in [0.15, 0.2) is 0 Å². The third kappa shape index (κ3) is 10.4. The molecule has 124 valence electrons. The Bertz CT molecular complexity index is 289. The second-order valence-corrected chi connectivity index (χ2v) is 5.15. The van der Waals surface area contributed by atoms with Crippen LogP contribution in [0.3, 0.4) is 0 Å². The minimum absolute atomic E-state index is 0.308. The topological polar surface area (TPSA) is 70.1 Å². The van der Waals surface area contributed by atoms with Gasteiger partial charge in [0.25, 0.3) is 0 Å². The van der Waals surface area contributed by atoms with Crippen LogP contribution in [0.2, 0.25) is 0 Å². The first-order valence-corrected chi connectivity index (χ1v) is 7.90. The molecule has 0 spiro atoms. The summed E-state index contributed by atoms with van der Waals surface area (Å²) in [6, 6.07) is 0. The van der Waals surface area contributed by atoms with Gasteiger partial charge >= 0.3 is 11.5 Å². The van der Waals surface area contributed by atoms with Crippen molar-refractivity contribution in [1.82, 2.24) is 9.80 Å². The summed E-state index contributed by atoms with van der Waals surface area (Å²) in [7, 11) is 0. The van der Waals surface area contributed by atoms with Crippen LogP contribution in [-0.2, 0) is 4.74 Å². The number of morpholine rings is 1. The predicted molar refractivity (Wildman–Crippen MR) is 83.1 cm³/mol. The van der Waals surface area contributed by atoms with Crippen molar-refractivity contribution in [2.45, 2.75) is 39.5 Å². The Morgan fingerprint density at radius 3 is 1.90 bits per heavy atom. The monoisotopic (exact) mass is 322 g/mol. The summed E-state index contributed by atoms with van der Waals surface area (Å²) in [6.45, 7) is 7.91. The lowest BCUT2D eigenvalue weighted by Crippen LogP contribution is -2.39. The summed E-state index contributed by atoms with van der Waals surface area (Å²) in [6.07, 6.45) is 3.45. The fourth-order valence-electron chi connectivity index (χ4n) is 1.74. The normalized spacial score (nSPS) is 14.1. The van der Waals surface area contributed by atoms with Crippen LogP contribution < -0.4 is 0 Å². The van der Waals surface area contributed by atoms with Gasteiger partial charge in [-0.05, 0) is 24.4 Å². The summed E-state index contributed by atoms with van der Waals surface area (Å²) in [4.78, 5) is 24.1. The van der Waals surface area contributed by atoms with Crippen molar-refractivity contribution in [2.24, 2.45) is 0 Å². The van der Waals surface area contributed by atoms with E-state index < -0.39 is 6.09 Å². The highest BCUT2D eigenvalue weighted by atomic mass is 35.5. The molecule has 21 heavy (non-hydrogen) atoms. The van der Waals surface area contributed by atoms with Crippen molar-refractivity contribution in [1.29, 1.82) is 0 Å². The van der Waals surface area contributed by atoms with Gasteiger partial charge in [-0.2, -0.15) is 0 Å². The largest absolute Gasteiger partial charge is 0.465 e. The van der Waals surface area contributed by atoms with Crippen molar-refractivity contribution in [3.63, 3.8) is 0 Å². The van der Waals surface area contributed by atoms with Gasteiger partial charge < -0.3 is 19.6 Å². The van der Waals surface area contributed by atoms with Crippen molar-refractivity contribution < 1.29 is 19.4 Å². The van der Waals surface area contributed by atoms with Gasteiger partial charge in [-0.3, -0.25) is 4.79 Å². The smallest absolute Gasteiger partial charge is 0.407 e. The van der Waals surface area contributed by atoms with Crippen molar-refractivity contribution in [2.75, 3.05) is 39.4 Å². The highest BCUT2D eigenvalue weighted by Crippen LogP contribution is 2.02. The number of carbonyl (C=O) groups excluding carboxylic acids is 1. The van der Waals surface area contributed by atoms with Crippen LogP contribution >= 0.6 is 11.6 Å². The second-order valence-electron chi connectivity index (χ2n) is 4.83. The molecular weight excluding hydrogens is 296 g/mol. The zero-order chi connectivity index (χ0) is 16.1. The SMILES string of the molecule is CCCCN(CCCC)C(=O)Cl.O=C(O)N1CCOCC1. The van der Waals surface area contributed by atoms with Crippen LogP contribution in [0, 0.1) is 0 Å². The summed E-state index contributed by atoms with van der Waals surface area (Å²) < 4.78 is 4.94. The molecule has 0 aromatic carbocycles. The van der Waals surface area contributed by atoms with Crippen molar-refractivity contribution in [3.05, 3.63) is 0 Å². The average Bonchev–Trinajstić information content (AvgIpc) is 2.48. The third-order valence-electron chi connectivity index (χ3n) is 3.09. The molecule has 0 radical (unpaired) electrons. The highest BCUT2D eigenvalue weighted by molar-refractivity contribution is 6.62. The van der Waals surface area contributed by atoms with Crippen LogP contribution in [0.1, 0.15) is 39.5 Å². The van der Waals surface area contributed by atoms with Gasteiger partial charge in [-0.25, -0.2) is 4.79 Å². The number of rotatable bonds is 6. The zero-order valence-electron chi connectivity index (χ0n) is 13.0. The fraction of sp³-hybridized carbons (Fsp3) is 0.857. The Hall–Kier alpha value is -1.01. The first-order chi connectivity index (χ1) is 10.0. The lowest BCUT2D eigenvalue weighted by atomic mass is 10.3. The van der Waals surface area contributed by atoms with E-state index in [1.165, 1.54) is 4.90 Å². The number of nitrogens with zero attached hydrogens (tertiary/aromatic N) is 2. The number of ether oxygens (including phenoxy) is 1. The van der Waals surface area contributed by atoms with Gasteiger partial charge in [0.2, 0.25) is 0 Å². The molecule has 1 saturated heterocycles. The molecule has 1 N–H and O–H groups in total. The summed E-state index contributed by atoms with van der Waals surface area (Å²) >= 11 is 5.40. The molecule has 1 fully saturated rings. The van der Waals surface area contributed by atoms with E-state index in [9.17, 15) is 9.59 Å². The van der Waals surface area contributed by atoms with E-state index in [0.717, 1.165) is 38.8 Å². The number of hydrogen-bond donors (Lipinski definition) is 1. The molecule has 0 aliphatic carbocycles. The van der Waals surface area contributed by atoms with Gasteiger partial charge in [0.15, 0.2) is 0 Å². The fourth-order valence-corrected chi connectivity index (χ4v) is 1.91. The molecule has 6 nitrogen and oxygen atoms in total. The number of halogens is 1. The molecule has 1 heterocycles. The molecule has 1 rings (SSSR count). The zero-order valence-corrected chi connectivity index (χ0v) is 13.8. The Kier molecular flexibility index (Phi) is 12.1. The highest BCUT2D eigenvalue weighted by Gasteiger charge is 2.14. The second kappa shape index (κ2) is 12.7. The molecule has 7 heteroatoms. The molecule has 0 aromatic heterocycles. The lowest BCUT2D eigenvalue weighted by Gasteiger charge is -2.23. The molecule has 2 amide bonds. The van der Waals surface area contributed by atoms with E-state index in [0.29, 0.717) is 26.3 Å². The Morgan fingerprint density at radius 2 is 1.62 bits per heavy atom. The maximum absolute atomic E-state index is 10.8. The van der Waals surface area contributed by atoms with Crippen LogP contribution in [0.5, 0.6) is 0 Å². The Balaban J connectivity index is 0.000000394. The maximum Gasteiger partial charge on any atom is 0.407 e. The van der Waals surface area contributed by atoms with Gasteiger partial charge in [0.1, 0.15) is 0 Å². The molecule has 0 saturated carbocycles. The van der Waals surface area contributed by atoms with E-state index in [1.807, 2.05) is 0 Å². The summed E-state index contributed by atoms with van der Waals surface area (Å²) in [5.74, 6) is 0. The Morgan fingerprint density at radius 1 is 1.14 bits per heavy atom. The van der Waals surface area contributed by atoms with Gasteiger partial charge in [0, 0.05) is 26.2 Å². The molecule has 0 bridgehead atoms. The van der Waals surface area contributed by atoms with Crippen molar-refractivity contribution >= 4 is 23.1 Å². The number of unbranched alkanes of at least 4 members (excludes halogenated alkanes) is 2. The number of carbonyl (C=O) groups is 2. The Labute approximate surface area is 132 Å². The van der Waals surface area contributed by atoms with Crippen LogP contribution in [0.4, 0.5) is 9.59 Å². The number of hydrogen-bond acceptors (Lipinski definition) is 3. The summed E-state index contributed by atoms with van der Waals surface area (Å²) in [5.41, 5.74) is 0. The molecule has 1 aliphatic rings. The lowest BCUT2D eigenvalue weighted by molar-refractivity contribution is 0.0392. The van der Waals surface area contributed by atoms with Gasteiger partial charge in [0.05, 0.1) is 13.2 Å². The minimum atomic E-state index is -0.849. The molecule has 0 unspecified atom stereocenters. The maximum atomic E-state index is 10.8. The van der Waals surface area contributed by atoms with Gasteiger partial charge in [-0.15, -0.1) is 0 Å². The quantitative estimate of drug-likeness (QED) is 0.602. The predicted octanol–water partition coefficient (Wildman–Crippen LogP) is 3.24. The van der Waals surface area contributed by atoms with E-state index in [2.05, 4.69) is 13.8 Å². The van der Waals surface area contributed by atoms with Gasteiger partial charge in [-0.1, -0.05) is 26.7 Å². The number of carboxylic acid groups (broad SMARTS) is 1. The third-order valence-corrected chi connectivity index (χ3v) is 3.33. The van der Waals surface area contributed by atoms with E-state index in [1.54, 1.807) is 4.90 Å². The average molecular weight is 323 g/mol. The molecule has 0 aromatic rings. The molecule has 0 atom stereocenters. The van der Waals surface area contributed by atoms with Crippen LogP contribution in [-0.4, -0.2) is 65.8 Å². The number of amides is 2. The van der Waals surface area contributed by atoms with E-state index >= 15 is 0 Å². The first kappa shape index (κ1) is 20.0. The summed E-state index contributed by atoms with van der Waals surface area (Å²) in [5, 5.41) is 8.10. The molecule has 1 aliphatic heterocycles. The molecular formula is C14H27ClN2O4. The first-order valence-electron chi connectivity index (χ1n) is 7.52. The minimum Gasteiger partial charge on any atom is -0.465 e.